The van der Waals surface area contributed by atoms with Gasteiger partial charge in [-0.3, -0.25) is 10.4 Å². The smallest absolute Gasteiger partial charge is 0.320 e. The van der Waals surface area contributed by atoms with Crippen LogP contribution in [-0.2, 0) is 4.74 Å². The normalized spacial score (nSPS) is 11.0. The summed E-state index contributed by atoms with van der Waals surface area (Å²) >= 11 is 0. The second-order valence-corrected chi connectivity index (χ2v) is 7.05. The first-order valence-corrected chi connectivity index (χ1v) is 9.88. The Bertz CT molecular complexity index is 1000. The lowest BCUT2D eigenvalue weighted by Gasteiger charge is -2.11. The van der Waals surface area contributed by atoms with Gasteiger partial charge in [0.1, 0.15) is 11.5 Å². The zero-order chi connectivity index (χ0) is 21.5. The van der Waals surface area contributed by atoms with Crippen molar-refractivity contribution < 1.29 is 19.0 Å². The molecule has 2 aromatic carbocycles. The number of aromatic amines is 1. The van der Waals surface area contributed by atoms with Crippen molar-refractivity contribution in [3.63, 3.8) is 0 Å². The van der Waals surface area contributed by atoms with Gasteiger partial charge in [-0.25, -0.2) is 4.79 Å². The highest BCUT2D eigenvalue weighted by molar-refractivity contribution is 6.00. The number of nitrogens with one attached hydrogen (secondary N) is 3. The SMILES string of the molecule is COc1ccc(OC)c(-c2ccc3c(NC(=O)NCCCOC(C)C)n[nH]c3c2)c1. The third-order valence-electron chi connectivity index (χ3n) is 4.57. The first-order chi connectivity index (χ1) is 14.5. The molecule has 0 bridgehead atoms. The second-order valence-electron chi connectivity index (χ2n) is 7.05. The van der Waals surface area contributed by atoms with E-state index in [0.29, 0.717) is 19.0 Å². The Morgan fingerprint density at radius 2 is 1.97 bits per heavy atom. The number of amides is 2. The number of hydrogen-bond acceptors (Lipinski definition) is 5. The van der Waals surface area contributed by atoms with E-state index < -0.39 is 0 Å². The summed E-state index contributed by atoms with van der Waals surface area (Å²) in [5.74, 6) is 1.97. The summed E-state index contributed by atoms with van der Waals surface area (Å²) in [7, 11) is 3.26. The highest BCUT2D eigenvalue weighted by Gasteiger charge is 2.13. The summed E-state index contributed by atoms with van der Waals surface area (Å²) < 4.78 is 16.3. The predicted octanol–water partition coefficient (Wildman–Crippen LogP) is 4.18. The van der Waals surface area contributed by atoms with Crippen molar-refractivity contribution in [2.75, 3.05) is 32.7 Å². The van der Waals surface area contributed by atoms with Gasteiger partial charge in [-0.1, -0.05) is 6.07 Å². The average molecular weight is 412 g/mol. The lowest BCUT2D eigenvalue weighted by molar-refractivity contribution is 0.0775. The molecule has 0 saturated carbocycles. The van der Waals surface area contributed by atoms with Crippen LogP contribution >= 0.6 is 0 Å². The zero-order valence-corrected chi connectivity index (χ0v) is 17.7. The number of carbonyl (C=O) groups excluding carboxylic acids is 1. The Labute approximate surface area is 175 Å². The maximum Gasteiger partial charge on any atom is 0.320 e. The number of anilines is 1. The first-order valence-electron chi connectivity index (χ1n) is 9.88. The molecule has 0 spiro atoms. The van der Waals surface area contributed by atoms with Gasteiger partial charge >= 0.3 is 6.03 Å². The topological polar surface area (TPSA) is 97.5 Å². The molecule has 30 heavy (non-hydrogen) atoms. The van der Waals surface area contributed by atoms with Crippen molar-refractivity contribution in [2.45, 2.75) is 26.4 Å². The van der Waals surface area contributed by atoms with Gasteiger partial charge in [0.05, 0.1) is 25.8 Å². The molecular weight excluding hydrogens is 384 g/mol. The third-order valence-corrected chi connectivity index (χ3v) is 4.57. The Hall–Kier alpha value is -3.26. The summed E-state index contributed by atoms with van der Waals surface area (Å²) in [6, 6.07) is 11.2. The average Bonchev–Trinajstić information content (AvgIpc) is 3.14. The second kappa shape index (κ2) is 9.98. The van der Waals surface area contributed by atoms with Crippen molar-refractivity contribution in [1.82, 2.24) is 15.5 Å². The first kappa shape index (κ1) is 21.4. The standard InChI is InChI=1S/C22H28N4O4/c1-14(2)30-11-5-10-23-22(27)24-21-17-8-6-15(12-19(17)25-26-21)18-13-16(28-3)7-9-20(18)29-4/h6-9,12-14H,5,10-11H2,1-4H3,(H3,23,24,25,26,27). The van der Waals surface area contributed by atoms with E-state index in [1.807, 2.05) is 50.2 Å². The maximum atomic E-state index is 12.1. The minimum Gasteiger partial charge on any atom is -0.497 e. The van der Waals surface area contributed by atoms with Crippen LogP contribution in [0.5, 0.6) is 11.5 Å². The molecule has 2 amide bonds. The molecule has 160 valence electrons. The van der Waals surface area contributed by atoms with Gasteiger partial charge in [0.15, 0.2) is 5.82 Å². The molecule has 0 aliphatic rings. The number of aromatic nitrogens is 2. The third kappa shape index (κ3) is 5.21. The van der Waals surface area contributed by atoms with Crippen LogP contribution in [0.4, 0.5) is 10.6 Å². The molecule has 3 N–H and O–H groups in total. The van der Waals surface area contributed by atoms with Crippen molar-refractivity contribution in [1.29, 1.82) is 0 Å². The fraction of sp³-hybridized carbons (Fsp3) is 0.364. The lowest BCUT2D eigenvalue weighted by atomic mass is 10.0. The summed E-state index contributed by atoms with van der Waals surface area (Å²) in [6.45, 7) is 5.11. The van der Waals surface area contributed by atoms with E-state index >= 15 is 0 Å². The van der Waals surface area contributed by atoms with E-state index in [1.165, 1.54) is 0 Å². The largest absolute Gasteiger partial charge is 0.497 e. The van der Waals surface area contributed by atoms with Crippen LogP contribution in [0.3, 0.4) is 0 Å². The van der Waals surface area contributed by atoms with Gasteiger partial charge in [-0.05, 0) is 56.2 Å². The Morgan fingerprint density at radius 1 is 1.13 bits per heavy atom. The molecule has 0 atom stereocenters. The molecular formula is C22H28N4O4. The van der Waals surface area contributed by atoms with E-state index in [1.54, 1.807) is 14.2 Å². The number of fused-ring (bicyclic) bond motifs is 1. The Morgan fingerprint density at radius 3 is 2.70 bits per heavy atom. The molecule has 8 nitrogen and oxygen atoms in total. The molecule has 0 aliphatic heterocycles. The highest BCUT2D eigenvalue weighted by atomic mass is 16.5. The van der Waals surface area contributed by atoms with E-state index in [9.17, 15) is 4.79 Å². The van der Waals surface area contributed by atoms with Crippen LogP contribution in [0.2, 0.25) is 0 Å². The minimum absolute atomic E-state index is 0.191. The summed E-state index contributed by atoms with van der Waals surface area (Å²) in [6.07, 6.45) is 0.939. The number of rotatable bonds is 9. The fourth-order valence-electron chi connectivity index (χ4n) is 3.07. The van der Waals surface area contributed by atoms with Gasteiger partial charge in [-0.2, -0.15) is 5.10 Å². The number of benzene rings is 2. The molecule has 0 aliphatic carbocycles. The number of H-pyrrole nitrogens is 1. The van der Waals surface area contributed by atoms with Gasteiger partial charge in [-0.15, -0.1) is 0 Å². The van der Waals surface area contributed by atoms with Gasteiger partial charge < -0.3 is 19.5 Å². The fourth-order valence-corrected chi connectivity index (χ4v) is 3.07. The van der Waals surface area contributed by atoms with Gasteiger partial charge in [0, 0.05) is 24.1 Å². The van der Waals surface area contributed by atoms with E-state index in [2.05, 4.69) is 20.8 Å². The van der Waals surface area contributed by atoms with Crippen molar-refractivity contribution >= 4 is 22.8 Å². The summed E-state index contributed by atoms with van der Waals surface area (Å²) in [5, 5.41) is 13.6. The molecule has 1 heterocycles. The number of hydrogen-bond donors (Lipinski definition) is 3. The molecule has 0 unspecified atom stereocenters. The van der Waals surface area contributed by atoms with Crippen LogP contribution in [0.1, 0.15) is 20.3 Å². The lowest BCUT2D eigenvalue weighted by Crippen LogP contribution is -2.30. The van der Waals surface area contributed by atoms with Crippen molar-refractivity contribution in [3.05, 3.63) is 36.4 Å². The number of urea groups is 1. The summed E-state index contributed by atoms with van der Waals surface area (Å²) in [4.78, 5) is 12.1. The Balaban J connectivity index is 1.70. The number of methoxy groups -OCH3 is 2. The molecule has 1 aromatic heterocycles. The zero-order valence-electron chi connectivity index (χ0n) is 17.7. The van der Waals surface area contributed by atoms with Crippen molar-refractivity contribution in [2.24, 2.45) is 0 Å². The van der Waals surface area contributed by atoms with E-state index in [-0.39, 0.29) is 12.1 Å². The number of ether oxygens (including phenoxy) is 3. The van der Waals surface area contributed by atoms with E-state index in [0.717, 1.165) is 39.9 Å². The van der Waals surface area contributed by atoms with Crippen LogP contribution in [0.15, 0.2) is 36.4 Å². The predicted molar refractivity (Wildman–Crippen MR) is 117 cm³/mol. The minimum atomic E-state index is -0.300. The van der Waals surface area contributed by atoms with Gasteiger partial charge in [0.2, 0.25) is 0 Å². The van der Waals surface area contributed by atoms with E-state index in [4.69, 9.17) is 14.2 Å². The number of carbonyl (C=O) groups is 1. The monoisotopic (exact) mass is 412 g/mol. The highest BCUT2D eigenvalue weighted by Crippen LogP contribution is 2.35. The van der Waals surface area contributed by atoms with Crippen LogP contribution in [0.25, 0.3) is 22.0 Å². The van der Waals surface area contributed by atoms with Crippen LogP contribution < -0.4 is 20.1 Å². The quantitative estimate of drug-likeness (QED) is 0.458. The Kier molecular flexibility index (Phi) is 7.13. The van der Waals surface area contributed by atoms with Crippen LogP contribution in [-0.4, -0.2) is 49.7 Å². The molecule has 3 aromatic rings. The van der Waals surface area contributed by atoms with Crippen molar-refractivity contribution in [3.8, 4) is 22.6 Å². The molecule has 0 saturated heterocycles. The number of nitrogens with zero attached hydrogens (tertiary/aromatic N) is 1. The molecule has 0 fully saturated rings. The molecule has 3 rings (SSSR count). The maximum absolute atomic E-state index is 12.1. The van der Waals surface area contributed by atoms with Gasteiger partial charge in [0.25, 0.3) is 0 Å². The molecule has 8 heteroatoms. The summed E-state index contributed by atoms with van der Waals surface area (Å²) in [5.41, 5.74) is 2.66. The molecule has 0 radical (unpaired) electrons. The van der Waals surface area contributed by atoms with Crippen LogP contribution in [0, 0.1) is 0 Å².